The summed E-state index contributed by atoms with van der Waals surface area (Å²) < 4.78 is 1.30. The summed E-state index contributed by atoms with van der Waals surface area (Å²) in [5.41, 5.74) is 1.14. The first-order valence-electron chi connectivity index (χ1n) is 6.77. The van der Waals surface area contributed by atoms with Gasteiger partial charge in [0.15, 0.2) is 0 Å². The van der Waals surface area contributed by atoms with Crippen LogP contribution in [-0.2, 0) is 6.42 Å². The average molecular weight is 280 g/mol. The van der Waals surface area contributed by atoms with Crippen LogP contribution < -0.4 is 0 Å². The Morgan fingerprint density at radius 3 is 2.78 bits per heavy atom. The fourth-order valence-electron chi connectivity index (χ4n) is 3.01. The number of rotatable bonds is 4. The van der Waals surface area contributed by atoms with Crippen LogP contribution in [0.25, 0.3) is 10.2 Å². The SMILES string of the molecule is ClCC(Cc1nc2ccccc2s1)C1CCCC1. The molecule has 0 saturated heterocycles. The van der Waals surface area contributed by atoms with E-state index in [1.54, 1.807) is 0 Å². The molecular weight excluding hydrogens is 262 g/mol. The molecule has 0 bridgehead atoms. The highest BCUT2D eigenvalue weighted by Gasteiger charge is 2.25. The van der Waals surface area contributed by atoms with Gasteiger partial charge in [-0.2, -0.15) is 0 Å². The first-order valence-corrected chi connectivity index (χ1v) is 8.12. The predicted molar refractivity (Wildman–Crippen MR) is 79.5 cm³/mol. The lowest BCUT2D eigenvalue weighted by molar-refractivity contribution is 0.369. The van der Waals surface area contributed by atoms with Gasteiger partial charge in [-0.1, -0.05) is 37.8 Å². The van der Waals surface area contributed by atoms with Crippen molar-refractivity contribution in [3.8, 4) is 0 Å². The number of benzene rings is 1. The summed E-state index contributed by atoms with van der Waals surface area (Å²) in [6.07, 6.45) is 6.56. The lowest BCUT2D eigenvalue weighted by atomic mass is 9.90. The fourth-order valence-corrected chi connectivity index (χ4v) is 4.43. The molecule has 18 heavy (non-hydrogen) atoms. The number of thiazole rings is 1. The predicted octanol–water partition coefficient (Wildman–Crippen LogP) is 4.88. The van der Waals surface area contributed by atoms with E-state index in [2.05, 4.69) is 24.3 Å². The molecule has 0 radical (unpaired) electrons. The van der Waals surface area contributed by atoms with Crippen molar-refractivity contribution >= 4 is 33.2 Å². The maximum absolute atomic E-state index is 6.17. The number of aromatic nitrogens is 1. The van der Waals surface area contributed by atoms with Crippen LogP contribution in [-0.4, -0.2) is 10.9 Å². The summed E-state index contributed by atoms with van der Waals surface area (Å²) in [5, 5.41) is 1.26. The Balaban J connectivity index is 1.77. The largest absolute Gasteiger partial charge is 0.241 e. The summed E-state index contributed by atoms with van der Waals surface area (Å²) in [5.74, 6) is 2.23. The fraction of sp³-hybridized carbons (Fsp3) is 0.533. The summed E-state index contributed by atoms with van der Waals surface area (Å²) in [4.78, 5) is 4.73. The van der Waals surface area contributed by atoms with Gasteiger partial charge in [0.05, 0.1) is 15.2 Å². The van der Waals surface area contributed by atoms with Gasteiger partial charge in [-0.15, -0.1) is 22.9 Å². The third kappa shape index (κ3) is 2.55. The van der Waals surface area contributed by atoms with Gasteiger partial charge < -0.3 is 0 Å². The summed E-state index contributed by atoms with van der Waals surface area (Å²) in [6, 6.07) is 8.39. The average Bonchev–Trinajstić information content (AvgIpc) is 3.04. The van der Waals surface area contributed by atoms with E-state index in [-0.39, 0.29) is 0 Å². The number of alkyl halides is 1. The van der Waals surface area contributed by atoms with E-state index in [1.165, 1.54) is 35.4 Å². The minimum atomic E-state index is 0.620. The number of halogens is 1. The number of para-hydroxylation sites is 1. The Bertz CT molecular complexity index is 483. The zero-order valence-electron chi connectivity index (χ0n) is 10.4. The van der Waals surface area contributed by atoms with E-state index in [1.807, 2.05) is 11.3 Å². The molecule has 1 fully saturated rings. The standard InChI is InChI=1S/C15H18ClNS/c16-10-12(11-5-1-2-6-11)9-15-17-13-7-3-4-8-14(13)18-15/h3-4,7-8,11-12H,1-2,5-6,9-10H2. The molecule has 1 nitrogen and oxygen atoms in total. The Morgan fingerprint density at radius 1 is 1.28 bits per heavy atom. The second-order valence-corrected chi connectivity index (χ2v) is 6.66. The molecule has 1 heterocycles. The third-order valence-electron chi connectivity index (χ3n) is 4.04. The van der Waals surface area contributed by atoms with E-state index in [0.29, 0.717) is 5.92 Å². The van der Waals surface area contributed by atoms with Gasteiger partial charge in [0.1, 0.15) is 0 Å². The molecule has 0 amide bonds. The van der Waals surface area contributed by atoms with Crippen molar-refractivity contribution < 1.29 is 0 Å². The Hall–Kier alpha value is -0.600. The molecule has 1 atom stereocenters. The van der Waals surface area contributed by atoms with Crippen molar-refractivity contribution in [3.63, 3.8) is 0 Å². The number of hydrogen-bond acceptors (Lipinski definition) is 2. The lowest BCUT2D eigenvalue weighted by Gasteiger charge is -2.19. The van der Waals surface area contributed by atoms with Crippen LogP contribution in [0.1, 0.15) is 30.7 Å². The van der Waals surface area contributed by atoms with Crippen LogP contribution in [0.4, 0.5) is 0 Å². The van der Waals surface area contributed by atoms with Gasteiger partial charge in [-0.3, -0.25) is 0 Å². The molecule has 1 aliphatic rings. The van der Waals surface area contributed by atoms with Crippen molar-refractivity contribution in [2.45, 2.75) is 32.1 Å². The third-order valence-corrected chi connectivity index (χ3v) is 5.49. The van der Waals surface area contributed by atoms with E-state index in [0.717, 1.165) is 23.7 Å². The van der Waals surface area contributed by atoms with Gasteiger partial charge >= 0.3 is 0 Å². The molecule has 3 rings (SSSR count). The van der Waals surface area contributed by atoms with E-state index >= 15 is 0 Å². The minimum Gasteiger partial charge on any atom is -0.241 e. The smallest absolute Gasteiger partial charge is 0.0941 e. The van der Waals surface area contributed by atoms with Crippen molar-refractivity contribution in [1.29, 1.82) is 0 Å². The molecule has 1 aromatic carbocycles. The molecule has 0 spiro atoms. The van der Waals surface area contributed by atoms with Crippen molar-refractivity contribution in [1.82, 2.24) is 4.98 Å². The highest BCUT2D eigenvalue weighted by Crippen LogP contribution is 2.35. The highest BCUT2D eigenvalue weighted by atomic mass is 35.5. The van der Waals surface area contributed by atoms with Crippen LogP contribution in [0.15, 0.2) is 24.3 Å². The number of fused-ring (bicyclic) bond motifs is 1. The minimum absolute atomic E-state index is 0.620. The molecule has 1 aromatic heterocycles. The van der Waals surface area contributed by atoms with E-state index < -0.39 is 0 Å². The summed E-state index contributed by atoms with van der Waals surface area (Å²) in [7, 11) is 0. The van der Waals surface area contributed by atoms with Crippen LogP contribution in [0.3, 0.4) is 0 Å². The van der Waals surface area contributed by atoms with E-state index in [4.69, 9.17) is 16.6 Å². The second-order valence-electron chi connectivity index (χ2n) is 5.24. The maximum Gasteiger partial charge on any atom is 0.0941 e. The Morgan fingerprint density at radius 2 is 2.06 bits per heavy atom. The number of nitrogens with zero attached hydrogens (tertiary/aromatic N) is 1. The molecule has 2 aromatic rings. The van der Waals surface area contributed by atoms with Gasteiger partial charge in [0.25, 0.3) is 0 Å². The van der Waals surface area contributed by atoms with Crippen molar-refractivity contribution in [2.75, 3.05) is 5.88 Å². The first kappa shape index (κ1) is 12.4. The topological polar surface area (TPSA) is 12.9 Å². The molecular formula is C15H18ClNS. The monoisotopic (exact) mass is 279 g/mol. The summed E-state index contributed by atoms with van der Waals surface area (Å²) in [6.45, 7) is 0. The van der Waals surface area contributed by atoms with Crippen molar-refractivity contribution in [2.24, 2.45) is 11.8 Å². The van der Waals surface area contributed by atoms with Gasteiger partial charge in [-0.25, -0.2) is 4.98 Å². The molecule has 1 saturated carbocycles. The maximum atomic E-state index is 6.17. The van der Waals surface area contributed by atoms with Crippen LogP contribution >= 0.6 is 22.9 Å². The zero-order valence-corrected chi connectivity index (χ0v) is 12.0. The highest BCUT2D eigenvalue weighted by molar-refractivity contribution is 7.18. The van der Waals surface area contributed by atoms with Crippen LogP contribution in [0.5, 0.6) is 0 Å². The molecule has 96 valence electrons. The molecule has 0 aliphatic heterocycles. The normalized spacial score (nSPS) is 18.5. The molecule has 0 N–H and O–H groups in total. The quantitative estimate of drug-likeness (QED) is 0.727. The lowest BCUT2D eigenvalue weighted by Crippen LogP contribution is -2.16. The van der Waals surface area contributed by atoms with Gasteiger partial charge in [-0.05, 0) is 24.0 Å². The molecule has 1 unspecified atom stereocenters. The van der Waals surface area contributed by atoms with Gasteiger partial charge in [0, 0.05) is 12.3 Å². The zero-order chi connectivity index (χ0) is 12.4. The molecule has 1 aliphatic carbocycles. The van der Waals surface area contributed by atoms with Gasteiger partial charge in [0.2, 0.25) is 0 Å². The van der Waals surface area contributed by atoms with E-state index in [9.17, 15) is 0 Å². The second kappa shape index (κ2) is 5.58. The molecule has 3 heteroatoms. The van der Waals surface area contributed by atoms with Crippen LogP contribution in [0.2, 0.25) is 0 Å². The Kier molecular flexibility index (Phi) is 3.86. The van der Waals surface area contributed by atoms with Crippen LogP contribution in [0, 0.1) is 11.8 Å². The summed E-state index contributed by atoms with van der Waals surface area (Å²) >= 11 is 8.00. The van der Waals surface area contributed by atoms with Crippen molar-refractivity contribution in [3.05, 3.63) is 29.3 Å². The first-order chi connectivity index (χ1) is 8.86. The number of hydrogen-bond donors (Lipinski definition) is 0. The Labute approximate surface area is 117 Å².